The van der Waals surface area contributed by atoms with Crippen molar-refractivity contribution < 1.29 is 9.53 Å². The zero-order valence-corrected chi connectivity index (χ0v) is 8.48. The number of nitrogens with two attached hydrogens (primary N) is 1. The van der Waals surface area contributed by atoms with Crippen LogP contribution in [0, 0.1) is 5.41 Å². The predicted octanol–water partition coefficient (Wildman–Crippen LogP) is 0.983. The second kappa shape index (κ2) is 6.02. The Balaban J connectivity index is 4.39. The van der Waals surface area contributed by atoms with E-state index in [-0.39, 0.29) is 10.8 Å². The minimum atomic E-state index is -0.801. The van der Waals surface area contributed by atoms with Crippen molar-refractivity contribution in [2.45, 2.75) is 0 Å². The maximum absolute atomic E-state index is 10.5. The summed E-state index contributed by atoms with van der Waals surface area (Å²) in [5.74, 6) is -0.812. The van der Waals surface area contributed by atoms with E-state index in [4.69, 9.17) is 27.5 Å². The molecule has 0 unspecified atom stereocenters. The summed E-state index contributed by atoms with van der Waals surface area (Å²) in [5.41, 5.74) is 4.86. The molecule has 1 amide bonds. The maximum atomic E-state index is 10.5. The van der Waals surface area contributed by atoms with Crippen molar-refractivity contribution in [2.75, 3.05) is 11.9 Å². The van der Waals surface area contributed by atoms with Crippen molar-refractivity contribution in [2.24, 2.45) is 5.73 Å². The van der Waals surface area contributed by atoms with Crippen LogP contribution in [0.4, 0.5) is 0 Å². The highest BCUT2D eigenvalue weighted by Crippen LogP contribution is 2.08. The summed E-state index contributed by atoms with van der Waals surface area (Å²) in [6.07, 6.45) is 0.843. The molecule has 0 aliphatic carbocycles. The van der Waals surface area contributed by atoms with Crippen LogP contribution in [-0.4, -0.2) is 24.1 Å². The van der Waals surface area contributed by atoms with Gasteiger partial charge in [0.05, 0.1) is 12.8 Å². The van der Waals surface area contributed by atoms with Crippen molar-refractivity contribution in [1.29, 1.82) is 5.41 Å². The maximum Gasteiger partial charge on any atom is 0.264 e. The summed E-state index contributed by atoms with van der Waals surface area (Å²) >= 11 is 8.54. The molecule has 0 aromatic rings. The highest BCUT2D eigenvalue weighted by atomic mass is 79.9. The lowest BCUT2D eigenvalue weighted by molar-refractivity contribution is -0.114. The number of carbonyl (C=O) groups excluding carboxylic acids is 1. The average Bonchev–Trinajstić information content (AvgIpc) is 2.05. The Morgan fingerprint density at radius 3 is 2.67 bits per heavy atom. The van der Waals surface area contributed by atoms with E-state index in [0.717, 1.165) is 6.21 Å². The SMILES string of the molecule is N=C/C(OCCBr)=C(/Cl)C(N)=O. The molecule has 0 saturated heterocycles. The van der Waals surface area contributed by atoms with Crippen LogP contribution in [0.2, 0.25) is 0 Å². The van der Waals surface area contributed by atoms with Crippen molar-refractivity contribution in [3.8, 4) is 0 Å². The Morgan fingerprint density at radius 2 is 2.33 bits per heavy atom. The minimum Gasteiger partial charge on any atom is -0.489 e. The Hall–Kier alpha value is -0.550. The van der Waals surface area contributed by atoms with Gasteiger partial charge in [-0.25, -0.2) is 0 Å². The molecule has 0 saturated carbocycles. The summed E-state index contributed by atoms with van der Waals surface area (Å²) in [6.45, 7) is 0.328. The minimum absolute atomic E-state index is 0.0105. The molecule has 0 fully saturated rings. The van der Waals surface area contributed by atoms with Crippen LogP contribution in [0.15, 0.2) is 10.8 Å². The number of hydrogen-bond acceptors (Lipinski definition) is 3. The van der Waals surface area contributed by atoms with Crippen LogP contribution >= 0.6 is 27.5 Å². The third-order valence-corrected chi connectivity index (χ3v) is 1.59. The first-order valence-corrected chi connectivity index (χ1v) is 4.52. The standard InChI is InChI=1S/C6H8BrClN2O2/c7-1-2-12-4(3-9)5(8)6(10)11/h3,9H,1-2H2,(H2,10,11)/b5-4-,9-3?. The molecule has 0 rings (SSSR count). The molecule has 0 bridgehead atoms. The van der Waals surface area contributed by atoms with Gasteiger partial charge in [0.25, 0.3) is 5.91 Å². The van der Waals surface area contributed by atoms with E-state index in [0.29, 0.717) is 11.9 Å². The summed E-state index contributed by atoms with van der Waals surface area (Å²) in [5, 5.41) is 7.18. The molecule has 0 aromatic heterocycles. The monoisotopic (exact) mass is 254 g/mol. The first-order valence-electron chi connectivity index (χ1n) is 3.02. The summed E-state index contributed by atoms with van der Waals surface area (Å²) < 4.78 is 4.92. The van der Waals surface area contributed by atoms with Gasteiger partial charge < -0.3 is 15.9 Å². The fourth-order valence-electron chi connectivity index (χ4n) is 0.438. The molecule has 6 heteroatoms. The van der Waals surface area contributed by atoms with Gasteiger partial charge in [0.15, 0.2) is 5.76 Å². The molecular formula is C6H8BrClN2O2. The Morgan fingerprint density at radius 1 is 1.75 bits per heavy atom. The van der Waals surface area contributed by atoms with Crippen molar-refractivity contribution in [3.05, 3.63) is 10.8 Å². The Bertz CT molecular complexity index is 218. The number of alkyl halides is 1. The number of primary amides is 1. The van der Waals surface area contributed by atoms with Gasteiger partial charge in [-0.15, -0.1) is 0 Å². The quantitative estimate of drug-likeness (QED) is 0.332. The molecule has 12 heavy (non-hydrogen) atoms. The lowest BCUT2D eigenvalue weighted by Gasteiger charge is -2.04. The molecule has 68 valence electrons. The fraction of sp³-hybridized carbons (Fsp3) is 0.333. The van der Waals surface area contributed by atoms with Crippen molar-refractivity contribution >= 4 is 39.7 Å². The van der Waals surface area contributed by atoms with Crippen LogP contribution in [0.25, 0.3) is 0 Å². The van der Waals surface area contributed by atoms with E-state index < -0.39 is 5.91 Å². The Kier molecular flexibility index (Phi) is 5.74. The summed E-state index contributed by atoms with van der Waals surface area (Å²) in [4.78, 5) is 10.5. The lowest BCUT2D eigenvalue weighted by atomic mass is 10.4. The van der Waals surface area contributed by atoms with E-state index in [1.54, 1.807) is 0 Å². The normalized spacial score (nSPS) is 11.8. The van der Waals surface area contributed by atoms with Crippen LogP contribution in [0.1, 0.15) is 0 Å². The van der Waals surface area contributed by atoms with Crippen LogP contribution in [0.3, 0.4) is 0 Å². The molecule has 0 aliphatic rings. The van der Waals surface area contributed by atoms with Crippen molar-refractivity contribution in [3.63, 3.8) is 0 Å². The highest BCUT2D eigenvalue weighted by Gasteiger charge is 2.08. The summed E-state index contributed by atoms with van der Waals surface area (Å²) in [6, 6.07) is 0. The lowest BCUT2D eigenvalue weighted by Crippen LogP contribution is -2.14. The largest absolute Gasteiger partial charge is 0.489 e. The van der Waals surface area contributed by atoms with Gasteiger partial charge in [-0.2, -0.15) is 0 Å². The zero-order valence-electron chi connectivity index (χ0n) is 6.14. The number of carbonyl (C=O) groups is 1. The topological polar surface area (TPSA) is 76.2 Å². The van der Waals surface area contributed by atoms with Gasteiger partial charge in [0.2, 0.25) is 0 Å². The number of rotatable bonds is 5. The van der Waals surface area contributed by atoms with Crippen LogP contribution in [-0.2, 0) is 9.53 Å². The van der Waals surface area contributed by atoms with Crippen molar-refractivity contribution in [1.82, 2.24) is 0 Å². The second-order valence-electron chi connectivity index (χ2n) is 1.72. The first kappa shape index (κ1) is 11.4. The third-order valence-electron chi connectivity index (χ3n) is 0.898. The van der Waals surface area contributed by atoms with E-state index in [1.165, 1.54) is 0 Å². The predicted molar refractivity (Wildman–Crippen MR) is 50.6 cm³/mol. The van der Waals surface area contributed by atoms with E-state index in [9.17, 15) is 4.79 Å². The number of hydrogen-bond donors (Lipinski definition) is 2. The van der Waals surface area contributed by atoms with Gasteiger partial charge in [-0.1, -0.05) is 27.5 Å². The van der Waals surface area contributed by atoms with Gasteiger partial charge in [0.1, 0.15) is 5.03 Å². The number of ether oxygens (including phenoxy) is 1. The molecule has 4 nitrogen and oxygen atoms in total. The molecule has 0 heterocycles. The van der Waals surface area contributed by atoms with E-state index in [1.807, 2.05) is 0 Å². The van der Waals surface area contributed by atoms with Crippen LogP contribution in [0.5, 0.6) is 0 Å². The van der Waals surface area contributed by atoms with E-state index in [2.05, 4.69) is 15.9 Å². The smallest absolute Gasteiger partial charge is 0.264 e. The van der Waals surface area contributed by atoms with Gasteiger partial charge in [-0.05, 0) is 0 Å². The molecule has 0 radical (unpaired) electrons. The number of allylic oxidation sites excluding steroid dienone is 1. The molecule has 0 atom stereocenters. The van der Waals surface area contributed by atoms with E-state index >= 15 is 0 Å². The zero-order chi connectivity index (χ0) is 9.56. The van der Waals surface area contributed by atoms with Crippen LogP contribution < -0.4 is 5.73 Å². The Labute approximate surface area is 83.3 Å². The third kappa shape index (κ3) is 3.73. The molecular weight excluding hydrogens is 247 g/mol. The highest BCUT2D eigenvalue weighted by molar-refractivity contribution is 9.09. The molecule has 0 spiro atoms. The molecule has 0 aliphatic heterocycles. The second-order valence-corrected chi connectivity index (χ2v) is 2.90. The average molecular weight is 255 g/mol. The van der Waals surface area contributed by atoms with Gasteiger partial charge >= 0.3 is 0 Å². The molecule has 3 N–H and O–H groups in total. The molecule has 0 aromatic carbocycles. The number of halogens is 2. The van der Waals surface area contributed by atoms with Gasteiger partial charge in [-0.3, -0.25) is 4.79 Å². The number of amides is 1. The summed E-state index contributed by atoms with van der Waals surface area (Å²) in [7, 11) is 0. The fourth-order valence-corrected chi connectivity index (χ4v) is 0.709. The number of nitrogens with one attached hydrogen (secondary N) is 1. The van der Waals surface area contributed by atoms with Gasteiger partial charge in [0, 0.05) is 5.33 Å². The first-order chi connectivity index (χ1) is 5.63.